The molecule has 0 saturated heterocycles. The molecule has 18 heavy (non-hydrogen) atoms. The van der Waals surface area contributed by atoms with Crippen LogP contribution in [0.3, 0.4) is 0 Å². The minimum atomic E-state index is 0.175. The van der Waals surface area contributed by atoms with Crippen molar-refractivity contribution in [3.8, 4) is 11.3 Å². The van der Waals surface area contributed by atoms with Crippen LogP contribution in [-0.2, 0) is 0 Å². The van der Waals surface area contributed by atoms with E-state index >= 15 is 0 Å². The van der Waals surface area contributed by atoms with Crippen LogP contribution in [0.15, 0.2) is 36.7 Å². The summed E-state index contributed by atoms with van der Waals surface area (Å²) in [6.45, 7) is 1.92. The maximum absolute atomic E-state index is 11.7. The first-order chi connectivity index (χ1) is 8.74. The Labute approximate surface area is 105 Å². The minimum absolute atomic E-state index is 0.175. The number of nitrogens with zero attached hydrogens (tertiary/aromatic N) is 2. The molecule has 88 valence electrons. The molecular formula is C15H12N2O. The standard InChI is InChI=1S/C15H12N2O/c1-10-8-16-9-14(17-10)12-5-6-13-11(7-12)3-2-4-15(13)18/h2-3,5-9H,4H2,1H3. The zero-order chi connectivity index (χ0) is 12.5. The average Bonchev–Trinajstić information content (AvgIpc) is 2.39. The summed E-state index contributed by atoms with van der Waals surface area (Å²) in [7, 11) is 0. The van der Waals surface area contributed by atoms with Crippen molar-refractivity contribution in [2.45, 2.75) is 13.3 Å². The first-order valence-electron chi connectivity index (χ1n) is 5.87. The van der Waals surface area contributed by atoms with Crippen LogP contribution in [-0.4, -0.2) is 15.8 Å². The van der Waals surface area contributed by atoms with Gasteiger partial charge in [-0.3, -0.25) is 9.78 Å². The van der Waals surface area contributed by atoms with Gasteiger partial charge < -0.3 is 0 Å². The molecule has 0 aliphatic heterocycles. The van der Waals surface area contributed by atoms with Crippen LogP contribution in [0.5, 0.6) is 0 Å². The van der Waals surface area contributed by atoms with Crippen molar-refractivity contribution in [2.75, 3.05) is 0 Å². The number of rotatable bonds is 1. The highest BCUT2D eigenvalue weighted by molar-refractivity contribution is 6.03. The molecular weight excluding hydrogens is 224 g/mol. The van der Waals surface area contributed by atoms with Gasteiger partial charge in [0.15, 0.2) is 5.78 Å². The predicted molar refractivity (Wildman–Crippen MR) is 70.2 cm³/mol. The van der Waals surface area contributed by atoms with Gasteiger partial charge in [0.1, 0.15) is 0 Å². The van der Waals surface area contributed by atoms with E-state index in [2.05, 4.69) is 9.97 Å². The number of fused-ring (bicyclic) bond motifs is 1. The molecule has 0 amide bonds. The van der Waals surface area contributed by atoms with Gasteiger partial charge in [0.2, 0.25) is 0 Å². The lowest BCUT2D eigenvalue weighted by molar-refractivity contribution is 0.0994. The van der Waals surface area contributed by atoms with Gasteiger partial charge in [0.05, 0.1) is 17.6 Å². The Balaban J connectivity index is 2.11. The van der Waals surface area contributed by atoms with Gasteiger partial charge in [-0.15, -0.1) is 0 Å². The van der Waals surface area contributed by atoms with Gasteiger partial charge in [0.25, 0.3) is 0 Å². The van der Waals surface area contributed by atoms with Crippen molar-refractivity contribution >= 4 is 11.9 Å². The summed E-state index contributed by atoms with van der Waals surface area (Å²) in [6.07, 6.45) is 7.85. The lowest BCUT2D eigenvalue weighted by Gasteiger charge is -2.11. The quantitative estimate of drug-likeness (QED) is 0.764. The third kappa shape index (κ3) is 1.84. The minimum Gasteiger partial charge on any atom is -0.294 e. The van der Waals surface area contributed by atoms with E-state index in [0.29, 0.717) is 6.42 Å². The van der Waals surface area contributed by atoms with Gasteiger partial charge in [-0.25, -0.2) is 4.98 Å². The molecule has 1 aromatic heterocycles. The Kier molecular flexibility index (Phi) is 2.52. The van der Waals surface area contributed by atoms with Gasteiger partial charge in [-0.1, -0.05) is 24.3 Å². The van der Waals surface area contributed by atoms with E-state index in [9.17, 15) is 4.79 Å². The number of benzene rings is 1. The van der Waals surface area contributed by atoms with Crippen molar-refractivity contribution in [1.82, 2.24) is 9.97 Å². The molecule has 1 aliphatic rings. The van der Waals surface area contributed by atoms with E-state index < -0.39 is 0 Å². The summed E-state index contributed by atoms with van der Waals surface area (Å²) >= 11 is 0. The van der Waals surface area contributed by atoms with Crippen molar-refractivity contribution in [1.29, 1.82) is 0 Å². The Morgan fingerprint density at radius 1 is 1.22 bits per heavy atom. The zero-order valence-electron chi connectivity index (χ0n) is 10.1. The lowest BCUT2D eigenvalue weighted by Crippen LogP contribution is -2.04. The van der Waals surface area contributed by atoms with Gasteiger partial charge in [0, 0.05) is 23.7 Å². The molecule has 0 spiro atoms. The number of aryl methyl sites for hydroxylation is 1. The summed E-state index contributed by atoms with van der Waals surface area (Å²) < 4.78 is 0. The molecule has 1 heterocycles. The average molecular weight is 236 g/mol. The third-order valence-corrected chi connectivity index (χ3v) is 3.00. The Morgan fingerprint density at radius 2 is 2.11 bits per heavy atom. The highest BCUT2D eigenvalue weighted by Crippen LogP contribution is 2.25. The second-order valence-corrected chi connectivity index (χ2v) is 4.38. The van der Waals surface area contributed by atoms with Crippen molar-refractivity contribution in [3.05, 3.63) is 53.5 Å². The number of hydrogen-bond acceptors (Lipinski definition) is 3. The smallest absolute Gasteiger partial charge is 0.167 e. The van der Waals surface area contributed by atoms with Crippen LogP contribution in [0, 0.1) is 6.92 Å². The van der Waals surface area contributed by atoms with Crippen LogP contribution >= 0.6 is 0 Å². The molecule has 0 unspecified atom stereocenters. The molecule has 0 atom stereocenters. The van der Waals surface area contributed by atoms with Crippen molar-refractivity contribution in [3.63, 3.8) is 0 Å². The first kappa shape index (κ1) is 10.8. The van der Waals surface area contributed by atoms with Crippen LogP contribution in [0.2, 0.25) is 0 Å². The Hall–Kier alpha value is -2.29. The third-order valence-electron chi connectivity index (χ3n) is 3.00. The Bertz CT molecular complexity index is 659. The molecule has 2 aromatic rings. The zero-order valence-corrected chi connectivity index (χ0v) is 10.1. The molecule has 3 rings (SSSR count). The van der Waals surface area contributed by atoms with Gasteiger partial charge in [-0.2, -0.15) is 0 Å². The number of carbonyl (C=O) groups is 1. The molecule has 3 nitrogen and oxygen atoms in total. The summed E-state index contributed by atoms with van der Waals surface area (Å²) in [5.41, 5.74) is 4.47. The number of carbonyl (C=O) groups excluding carboxylic acids is 1. The number of Topliss-reactive ketones (excluding diaryl/α,β-unsaturated/α-hetero) is 1. The number of hydrogen-bond donors (Lipinski definition) is 0. The largest absolute Gasteiger partial charge is 0.294 e. The molecule has 0 fully saturated rings. The van der Waals surface area contributed by atoms with E-state index in [-0.39, 0.29) is 5.78 Å². The predicted octanol–water partition coefficient (Wildman–Crippen LogP) is 3.05. The SMILES string of the molecule is Cc1cncc(-c2ccc3c(c2)C=CCC3=O)n1. The molecule has 1 aliphatic carbocycles. The number of aromatic nitrogens is 2. The highest BCUT2D eigenvalue weighted by atomic mass is 16.1. The molecule has 0 N–H and O–H groups in total. The molecule has 1 aromatic carbocycles. The van der Waals surface area contributed by atoms with Crippen LogP contribution < -0.4 is 0 Å². The topological polar surface area (TPSA) is 42.9 Å². The van der Waals surface area contributed by atoms with E-state index in [1.807, 2.05) is 37.3 Å². The first-order valence-corrected chi connectivity index (χ1v) is 5.87. The van der Waals surface area contributed by atoms with Crippen LogP contribution in [0.4, 0.5) is 0 Å². The van der Waals surface area contributed by atoms with Crippen molar-refractivity contribution in [2.24, 2.45) is 0 Å². The lowest BCUT2D eigenvalue weighted by atomic mass is 9.94. The maximum atomic E-state index is 11.7. The number of ketones is 1. The van der Waals surface area contributed by atoms with Gasteiger partial charge >= 0.3 is 0 Å². The second-order valence-electron chi connectivity index (χ2n) is 4.38. The fourth-order valence-corrected chi connectivity index (χ4v) is 2.12. The normalized spacial score (nSPS) is 13.5. The van der Waals surface area contributed by atoms with Crippen LogP contribution in [0.1, 0.15) is 28.0 Å². The fraction of sp³-hybridized carbons (Fsp3) is 0.133. The van der Waals surface area contributed by atoms with E-state index in [1.54, 1.807) is 12.4 Å². The van der Waals surface area contributed by atoms with E-state index in [0.717, 1.165) is 28.1 Å². The molecule has 0 radical (unpaired) electrons. The van der Waals surface area contributed by atoms with E-state index in [4.69, 9.17) is 0 Å². The second kappa shape index (κ2) is 4.18. The Morgan fingerprint density at radius 3 is 2.94 bits per heavy atom. The molecule has 3 heteroatoms. The van der Waals surface area contributed by atoms with E-state index in [1.165, 1.54) is 0 Å². The van der Waals surface area contributed by atoms with Gasteiger partial charge in [-0.05, 0) is 18.6 Å². The van der Waals surface area contributed by atoms with Crippen LogP contribution in [0.25, 0.3) is 17.3 Å². The maximum Gasteiger partial charge on any atom is 0.167 e. The monoisotopic (exact) mass is 236 g/mol. The fourth-order valence-electron chi connectivity index (χ4n) is 2.12. The van der Waals surface area contributed by atoms with Crippen molar-refractivity contribution < 1.29 is 4.79 Å². The highest BCUT2D eigenvalue weighted by Gasteiger charge is 2.13. The summed E-state index contributed by atoms with van der Waals surface area (Å²) in [4.78, 5) is 20.3. The summed E-state index contributed by atoms with van der Waals surface area (Å²) in [5.74, 6) is 0.175. The molecule has 0 saturated carbocycles. The number of allylic oxidation sites excluding steroid dienone is 1. The summed E-state index contributed by atoms with van der Waals surface area (Å²) in [5, 5.41) is 0. The summed E-state index contributed by atoms with van der Waals surface area (Å²) in [6, 6.07) is 5.80. The molecule has 0 bridgehead atoms.